The molecule has 0 fully saturated rings. The van der Waals surface area contributed by atoms with Crippen molar-refractivity contribution in [3.8, 4) is 5.69 Å². The van der Waals surface area contributed by atoms with Crippen molar-refractivity contribution >= 4 is 22.8 Å². The Bertz CT molecular complexity index is 662. The van der Waals surface area contributed by atoms with E-state index in [0.29, 0.717) is 5.56 Å². The van der Waals surface area contributed by atoms with Gasteiger partial charge >= 0.3 is 0 Å². The maximum Gasteiger partial charge on any atom is 0.257 e. The Hall–Kier alpha value is -2.01. The summed E-state index contributed by atoms with van der Waals surface area (Å²) in [5, 5.41) is 3.57. The molecular weight excluding hydrogens is 270 g/mol. The summed E-state index contributed by atoms with van der Waals surface area (Å²) in [6.45, 7) is 2.82. The van der Waals surface area contributed by atoms with E-state index in [4.69, 9.17) is 0 Å². The van der Waals surface area contributed by atoms with Crippen LogP contribution in [0.4, 0.5) is 0 Å². The standard InChI is InChI=1S/C15H15N3OS/c1-11-4-5-12(10-13(11)18-7-2-3-8-18)14(19)17-15-16-6-9-20-15/h2-5,7-8,10H,6,9H2,1H3,(H,16,17,19). The van der Waals surface area contributed by atoms with Crippen molar-refractivity contribution in [1.82, 2.24) is 9.88 Å². The van der Waals surface area contributed by atoms with E-state index in [-0.39, 0.29) is 5.91 Å². The molecule has 0 saturated carbocycles. The van der Waals surface area contributed by atoms with Crippen LogP contribution in [0.3, 0.4) is 0 Å². The molecule has 0 aliphatic carbocycles. The van der Waals surface area contributed by atoms with Gasteiger partial charge < -0.3 is 9.88 Å². The normalized spacial score (nSPS) is 14.2. The first-order valence-electron chi connectivity index (χ1n) is 6.46. The Morgan fingerprint density at radius 3 is 2.85 bits per heavy atom. The lowest BCUT2D eigenvalue weighted by Gasteiger charge is -2.10. The number of amides is 1. The van der Waals surface area contributed by atoms with E-state index in [0.717, 1.165) is 28.7 Å². The number of benzene rings is 1. The highest BCUT2D eigenvalue weighted by Crippen LogP contribution is 2.17. The first-order chi connectivity index (χ1) is 9.74. The SMILES string of the molecule is Cc1ccc(C(=O)NC2=NCCS2)cc1-n1cccc1. The van der Waals surface area contributed by atoms with Crippen LogP contribution in [0.2, 0.25) is 0 Å². The highest BCUT2D eigenvalue weighted by molar-refractivity contribution is 8.14. The molecule has 1 aliphatic heterocycles. The second-order valence-corrected chi connectivity index (χ2v) is 5.66. The van der Waals surface area contributed by atoms with Crippen molar-refractivity contribution in [2.24, 2.45) is 4.99 Å². The monoisotopic (exact) mass is 285 g/mol. The summed E-state index contributed by atoms with van der Waals surface area (Å²) in [7, 11) is 0. The Morgan fingerprint density at radius 1 is 1.35 bits per heavy atom. The zero-order valence-electron chi connectivity index (χ0n) is 11.2. The maximum absolute atomic E-state index is 12.2. The fourth-order valence-electron chi connectivity index (χ4n) is 2.10. The van der Waals surface area contributed by atoms with Gasteiger partial charge in [-0.1, -0.05) is 17.8 Å². The molecule has 4 nitrogen and oxygen atoms in total. The number of amidine groups is 1. The van der Waals surface area contributed by atoms with Gasteiger partial charge in [-0.3, -0.25) is 9.79 Å². The summed E-state index contributed by atoms with van der Waals surface area (Å²) in [6.07, 6.45) is 3.95. The van der Waals surface area contributed by atoms with Crippen molar-refractivity contribution < 1.29 is 4.79 Å². The third-order valence-corrected chi connectivity index (χ3v) is 4.05. The van der Waals surface area contributed by atoms with Crippen molar-refractivity contribution in [2.45, 2.75) is 6.92 Å². The van der Waals surface area contributed by atoms with Gasteiger partial charge in [-0.15, -0.1) is 0 Å². The van der Waals surface area contributed by atoms with E-state index < -0.39 is 0 Å². The van der Waals surface area contributed by atoms with Crippen molar-refractivity contribution in [2.75, 3.05) is 12.3 Å². The molecule has 5 heteroatoms. The molecule has 0 radical (unpaired) electrons. The van der Waals surface area contributed by atoms with Crippen LogP contribution in [0.25, 0.3) is 5.69 Å². The molecule has 0 bridgehead atoms. The molecule has 1 amide bonds. The number of aromatic nitrogens is 1. The van der Waals surface area contributed by atoms with Gasteiger partial charge in [0.25, 0.3) is 5.91 Å². The third-order valence-electron chi connectivity index (χ3n) is 3.16. The topological polar surface area (TPSA) is 46.4 Å². The second kappa shape index (κ2) is 5.54. The van der Waals surface area contributed by atoms with Gasteiger partial charge in [0, 0.05) is 29.4 Å². The Balaban J connectivity index is 1.87. The van der Waals surface area contributed by atoms with E-state index >= 15 is 0 Å². The van der Waals surface area contributed by atoms with Crippen LogP contribution in [0.5, 0.6) is 0 Å². The second-order valence-electron chi connectivity index (χ2n) is 4.58. The number of rotatable bonds is 2. The average Bonchev–Trinajstić information content (AvgIpc) is 3.11. The van der Waals surface area contributed by atoms with E-state index in [2.05, 4.69) is 10.3 Å². The minimum atomic E-state index is -0.105. The minimum Gasteiger partial charge on any atom is -0.324 e. The highest BCUT2D eigenvalue weighted by atomic mass is 32.2. The van der Waals surface area contributed by atoms with Gasteiger partial charge in [-0.2, -0.15) is 0 Å². The fourth-order valence-corrected chi connectivity index (χ4v) is 2.83. The molecular formula is C15H15N3OS. The van der Waals surface area contributed by atoms with Crippen molar-refractivity contribution in [3.05, 3.63) is 53.9 Å². The molecule has 102 valence electrons. The molecule has 1 aliphatic rings. The molecule has 1 aromatic heterocycles. The largest absolute Gasteiger partial charge is 0.324 e. The average molecular weight is 285 g/mol. The molecule has 2 heterocycles. The molecule has 2 aromatic rings. The van der Waals surface area contributed by atoms with Gasteiger partial charge in [-0.25, -0.2) is 0 Å². The van der Waals surface area contributed by atoms with Crippen LogP contribution < -0.4 is 5.32 Å². The smallest absolute Gasteiger partial charge is 0.257 e. The van der Waals surface area contributed by atoms with Gasteiger partial charge in [0.2, 0.25) is 0 Å². The predicted molar refractivity (Wildman–Crippen MR) is 82.7 cm³/mol. The number of carbonyl (C=O) groups is 1. The molecule has 0 saturated heterocycles. The van der Waals surface area contributed by atoms with E-state index in [1.54, 1.807) is 11.8 Å². The van der Waals surface area contributed by atoms with Crippen LogP contribution in [0, 0.1) is 6.92 Å². The Labute approximate surface area is 121 Å². The minimum absolute atomic E-state index is 0.105. The Morgan fingerprint density at radius 2 is 2.15 bits per heavy atom. The van der Waals surface area contributed by atoms with Gasteiger partial charge in [0.1, 0.15) is 0 Å². The van der Waals surface area contributed by atoms with Crippen LogP contribution in [-0.2, 0) is 0 Å². The lowest BCUT2D eigenvalue weighted by Crippen LogP contribution is -2.27. The van der Waals surface area contributed by atoms with Crippen molar-refractivity contribution in [1.29, 1.82) is 0 Å². The molecule has 0 atom stereocenters. The maximum atomic E-state index is 12.2. The van der Waals surface area contributed by atoms with Crippen LogP contribution in [0.1, 0.15) is 15.9 Å². The van der Waals surface area contributed by atoms with Gasteiger partial charge in [-0.05, 0) is 36.8 Å². The number of aliphatic imine (C=N–C) groups is 1. The number of aryl methyl sites for hydroxylation is 1. The van der Waals surface area contributed by atoms with Crippen LogP contribution in [-0.4, -0.2) is 27.9 Å². The zero-order chi connectivity index (χ0) is 13.9. The lowest BCUT2D eigenvalue weighted by atomic mass is 10.1. The lowest BCUT2D eigenvalue weighted by molar-refractivity contribution is 0.0978. The summed E-state index contributed by atoms with van der Waals surface area (Å²) >= 11 is 1.58. The van der Waals surface area contributed by atoms with Crippen LogP contribution >= 0.6 is 11.8 Å². The quantitative estimate of drug-likeness (QED) is 0.922. The summed E-state index contributed by atoms with van der Waals surface area (Å²) < 4.78 is 2.01. The Kier molecular flexibility index (Phi) is 3.60. The number of thioether (sulfide) groups is 1. The summed E-state index contributed by atoms with van der Waals surface area (Å²) in [5.41, 5.74) is 2.79. The number of carbonyl (C=O) groups excluding carboxylic acids is 1. The predicted octanol–water partition coefficient (Wildman–Crippen LogP) is 2.62. The van der Waals surface area contributed by atoms with Crippen LogP contribution in [0.15, 0.2) is 47.7 Å². The van der Waals surface area contributed by atoms with E-state index in [1.807, 2.05) is 54.2 Å². The van der Waals surface area contributed by atoms with E-state index in [9.17, 15) is 4.79 Å². The number of hydrogen-bond acceptors (Lipinski definition) is 3. The molecule has 1 aromatic carbocycles. The number of nitrogens with one attached hydrogen (secondary N) is 1. The highest BCUT2D eigenvalue weighted by Gasteiger charge is 2.13. The summed E-state index contributed by atoms with van der Waals surface area (Å²) in [4.78, 5) is 16.5. The van der Waals surface area contributed by atoms with Crippen molar-refractivity contribution in [3.63, 3.8) is 0 Å². The first-order valence-corrected chi connectivity index (χ1v) is 7.45. The number of hydrogen-bond donors (Lipinski definition) is 1. The molecule has 20 heavy (non-hydrogen) atoms. The molecule has 0 spiro atoms. The van der Waals surface area contributed by atoms with Gasteiger partial charge in [0.05, 0.1) is 6.54 Å². The molecule has 0 unspecified atom stereocenters. The summed E-state index contributed by atoms with van der Waals surface area (Å²) in [5.74, 6) is 0.838. The number of nitrogens with zero attached hydrogens (tertiary/aromatic N) is 2. The van der Waals surface area contributed by atoms with E-state index in [1.165, 1.54) is 0 Å². The zero-order valence-corrected chi connectivity index (χ0v) is 12.0. The third kappa shape index (κ3) is 2.63. The summed E-state index contributed by atoms with van der Waals surface area (Å²) in [6, 6.07) is 9.66. The fraction of sp³-hybridized carbons (Fsp3) is 0.200. The molecule has 3 rings (SSSR count). The first kappa shape index (κ1) is 13.0. The van der Waals surface area contributed by atoms with Gasteiger partial charge in [0.15, 0.2) is 5.17 Å². The molecule has 1 N–H and O–H groups in total.